The molecule has 1 saturated heterocycles. The number of carbonyl (C=O) groups is 2. The second kappa shape index (κ2) is 7.03. The number of nitrogens with zero attached hydrogens (tertiary/aromatic N) is 3. The van der Waals surface area contributed by atoms with Crippen molar-refractivity contribution < 1.29 is 9.59 Å². The fraction of sp³-hybridized carbons (Fsp3) is 0.500. The van der Waals surface area contributed by atoms with Crippen LogP contribution in [0.2, 0.25) is 0 Å². The highest BCUT2D eigenvalue weighted by Gasteiger charge is 2.25. The second-order valence-electron chi connectivity index (χ2n) is 6.50. The molecule has 128 valence electrons. The molecule has 2 amide bonds. The minimum atomic E-state index is 0.0267. The van der Waals surface area contributed by atoms with Crippen molar-refractivity contribution in [1.82, 2.24) is 19.8 Å². The van der Waals surface area contributed by atoms with Crippen LogP contribution in [0.3, 0.4) is 0 Å². The monoisotopic (exact) mass is 328 g/mol. The number of hydrogen-bond donors (Lipinski definition) is 1. The van der Waals surface area contributed by atoms with Crippen molar-refractivity contribution in [2.24, 2.45) is 13.0 Å². The Balaban J connectivity index is 1.47. The highest BCUT2D eigenvalue weighted by molar-refractivity contribution is 5.79. The lowest BCUT2D eigenvalue weighted by molar-refractivity contribution is -0.133. The van der Waals surface area contributed by atoms with Crippen LogP contribution in [0.15, 0.2) is 24.5 Å². The van der Waals surface area contributed by atoms with Crippen LogP contribution >= 0.6 is 0 Å². The Morgan fingerprint density at radius 1 is 1.29 bits per heavy atom. The molecule has 0 atom stereocenters. The molecule has 0 unspecified atom stereocenters. The number of piperidine rings is 1. The molecule has 2 aromatic rings. The lowest BCUT2D eigenvalue weighted by Gasteiger charge is -2.30. The Labute approximate surface area is 141 Å². The maximum atomic E-state index is 12.3. The molecule has 6 heteroatoms. The van der Waals surface area contributed by atoms with Gasteiger partial charge in [-0.25, -0.2) is 4.98 Å². The van der Waals surface area contributed by atoms with Crippen LogP contribution in [0, 0.1) is 5.92 Å². The second-order valence-corrected chi connectivity index (χ2v) is 6.50. The summed E-state index contributed by atoms with van der Waals surface area (Å²) in [5.41, 5.74) is 3.27. The van der Waals surface area contributed by atoms with Gasteiger partial charge in [-0.05, 0) is 37.0 Å². The lowest BCUT2D eigenvalue weighted by Crippen LogP contribution is -2.42. The Bertz CT molecular complexity index is 745. The van der Waals surface area contributed by atoms with Crippen LogP contribution < -0.4 is 5.32 Å². The first kappa shape index (κ1) is 16.5. The number of aromatic nitrogens is 2. The number of aryl methyl sites for hydroxylation is 1. The molecule has 1 aliphatic heterocycles. The standard InChI is InChI=1S/C18H24N4O2/c1-13(23)22-9-6-15(7-10-22)18(24)19-8-5-14-3-4-17-16(11-14)20-12-21(17)2/h3-4,11-12,15H,5-10H2,1-2H3,(H,19,24). The summed E-state index contributed by atoms with van der Waals surface area (Å²) < 4.78 is 1.99. The Kier molecular flexibility index (Phi) is 4.83. The van der Waals surface area contributed by atoms with E-state index in [0.717, 1.165) is 30.3 Å². The van der Waals surface area contributed by atoms with E-state index < -0.39 is 0 Å². The Morgan fingerprint density at radius 2 is 2.04 bits per heavy atom. The SMILES string of the molecule is CC(=O)N1CCC(C(=O)NCCc2ccc3c(c2)ncn3C)CC1. The first-order valence-corrected chi connectivity index (χ1v) is 8.48. The van der Waals surface area contributed by atoms with E-state index in [9.17, 15) is 9.59 Å². The van der Waals surface area contributed by atoms with Gasteiger partial charge in [-0.1, -0.05) is 6.07 Å². The molecule has 1 aromatic carbocycles. The summed E-state index contributed by atoms with van der Waals surface area (Å²) in [6.45, 7) is 3.58. The van der Waals surface area contributed by atoms with E-state index in [4.69, 9.17) is 0 Å². The predicted molar refractivity (Wildman–Crippen MR) is 92.4 cm³/mol. The highest BCUT2D eigenvalue weighted by Crippen LogP contribution is 2.17. The van der Waals surface area contributed by atoms with Crippen molar-refractivity contribution in [1.29, 1.82) is 0 Å². The van der Waals surface area contributed by atoms with Crippen LogP contribution in [0.4, 0.5) is 0 Å². The van der Waals surface area contributed by atoms with Crippen molar-refractivity contribution in [3.63, 3.8) is 0 Å². The summed E-state index contributed by atoms with van der Waals surface area (Å²) in [6.07, 6.45) is 4.12. The number of benzene rings is 1. The van der Waals surface area contributed by atoms with Crippen LogP contribution in [0.25, 0.3) is 11.0 Å². The first-order chi connectivity index (χ1) is 11.5. The topological polar surface area (TPSA) is 67.2 Å². The maximum Gasteiger partial charge on any atom is 0.223 e. The fourth-order valence-corrected chi connectivity index (χ4v) is 3.27. The molecule has 1 aromatic heterocycles. The zero-order chi connectivity index (χ0) is 17.1. The minimum absolute atomic E-state index is 0.0267. The number of amides is 2. The van der Waals surface area contributed by atoms with Crippen LogP contribution in [-0.2, 0) is 23.1 Å². The van der Waals surface area contributed by atoms with E-state index in [1.807, 2.05) is 22.8 Å². The quantitative estimate of drug-likeness (QED) is 0.925. The average molecular weight is 328 g/mol. The number of rotatable bonds is 4. The van der Waals surface area contributed by atoms with E-state index >= 15 is 0 Å². The van der Waals surface area contributed by atoms with E-state index in [0.29, 0.717) is 19.6 Å². The average Bonchev–Trinajstić information content (AvgIpc) is 2.95. The molecule has 0 radical (unpaired) electrons. The number of hydrogen-bond acceptors (Lipinski definition) is 3. The normalized spacial score (nSPS) is 15.7. The largest absolute Gasteiger partial charge is 0.356 e. The third kappa shape index (κ3) is 3.58. The van der Waals surface area contributed by atoms with Crippen molar-refractivity contribution in [3.05, 3.63) is 30.1 Å². The van der Waals surface area contributed by atoms with E-state index in [1.165, 1.54) is 5.56 Å². The summed E-state index contributed by atoms with van der Waals surface area (Å²) in [5, 5.41) is 3.03. The van der Waals surface area contributed by atoms with Crippen molar-refractivity contribution in [3.8, 4) is 0 Å². The van der Waals surface area contributed by atoms with Gasteiger partial charge in [0.2, 0.25) is 11.8 Å². The molecule has 1 aliphatic rings. The van der Waals surface area contributed by atoms with Gasteiger partial charge in [0.05, 0.1) is 17.4 Å². The zero-order valence-corrected chi connectivity index (χ0v) is 14.3. The molecule has 1 fully saturated rings. The molecule has 1 N–H and O–H groups in total. The molecule has 3 rings (SSSR count). The van der Waals surface area contributed by atoms with Gasteiger partial charge in [-0.2, -0.15) is 0 Å². The minimum Gasteiger partial charge on any atom is -0.356 e. The predicted octanol–water partition coefficient (Wildman–Crippen LogP) is 1.49. The number of likely N-dealkylation sites (tertiary alicyclic amines) is 1. The number of fused-ring (bicyclic) bond motifs is 1. The number of imidazole rings is 1. The molecule has 2 heterocycles. The van der Waals surface area contributed by atoms with Gasteiger partial charge in [0, 0.05) is 39.5 Å². The number of nitrogens with one attached hydrogen (secondary N) is 1. The zero-order valence-electron chi connectivity index (χ0n) is 14.3. The number of carbonyl (C=O) groups excluding carboxylic acids is 2. The van der Waals surface area contributed by atoms with Crippen molar-refractivity contribution in [2.45, 2.75) is 26.2 Å². The molecule has 0 bridgehead atoms. The van der Waals surface area contributed by atoms with E-state index in [-0.39, 0.29) is 17.7 Å². The first-order valence-electron chi connectivity index (χ1n) is 8.48. The third-order valence-electron chi connectivity index (χ3n) is 4.81. The van der Waals surface area contributed by atoms with Crippen molar-refractivity contribution in [2.75, 3.05) is 19.6 Å². The molecule has 0 aliphatic carbocycles. The van der Waals surface area contributed by atoms with Gasteiger partial charge in [-0.15, -0.1) is 0 Å². The summed E-state index contributed by atoms with van der Waals surface area (Å²) in [7, 11) is 1.98. The summed E-state index contributed by atoms with van der Waals surface area (Å²) in [6, 6.07) is 6.23. The molecular weight excluding hydrogens is 304 g/mol. The molecular formula is C18H24N4O2. The Hall–Kier alpha value is -2.37. The maximum absolute atomic E-state index is 12.3. The van der Waals surface area contributed by atoms with E-state index in [1.54, 1.807) is 6.92 Å². The van der Waals surface area contributed by atoms with Gasteiger partial charge < -0.3 is 14.8 Å². The van der Waals surface area contributed by atoms with Crippen LogP contribution in [0.1, 0.15) is 25.3 Å². The van der Waals surface area contributed by atoms with Gasteiger partial charge >= 0.3 is 0 Å². The van der Waals surface area contributed by atoms with Gasteiger partial charge in [0.15, 0.2) is 0 Å². The van der Waals surface area contributed by atoms with Gasteiger partial charge in [-0.3, -0.25) is 9.59 Å². The summed E-state index contributed by atoms with van der Waals surface area (Å²) in [4.78, 5) is 29.7. The Morgan fingerprint density at radius 3 is 2.75 bits per heavy atom. The van der Waals surface area contributed by atoms with Crippen LogP contribution in [-0.4, -0.2) is 45.9 Å². The summed E-state index contributed by atoms with van der Waals surface area (Å²) >= 11 is 0. The van der Waals surface area contributed by atoms with Gasteiger partial charge in [0.25, 0.3) is 0 Å². The molecule has 0 spiro atoms. The lowest BCUT2D eigenvalue weighted by atomic mass is 9.96. The smallest absolute Gasteiger partial charge is 0.223 e. The van der Waals surface area contributed by atoms with Crippen molar-refractivity contribution >= 4 is 22.8 Å². The van der Waals surface area contributed by atoms with Gasteiger partial charge in [0.1, 0.15) is 0 Å². The molecule has 24 heavy (non-hydrogen) atoms. The summed E-state index contributed by atoms with van der Waals surface area (Å²) in [5.74, 6) is 0.231. The van der Waals surface area contributed by atoms with E-state index in [2.05, 4.69) is 28.5 Å². The molecule has 0 saturated carbocycles. The van der Waals surface area contributed by atoms with Crippen LogP contribution in [0.5, 0.6) is 0 Å². The third-order valence-corrected chi connectivity index (χ3v) is 4.81. The highest BCUT2D eigenvalue weighted by atomic mass is 16.2. The fourth-order valence-electron chi connectivity index (χ4n) is 3.27. The molecule has 6 nitrogen and oxygen atoms in total.